The molecule has 0 radical (unpaired) electrons. The Labute approximate surface area is 159 Å². The van der Waals surface area contributed by atoms with Crippen molar-refractivity contribution < 1.29 is 14.3 Å². The topological polar surface area (TPSA) is 93.2 Å². The van der Waals surface area contributed by atoms with E-state index in [1.54, 1.807) is 25.4 Å². The molecule has 0 aliphatic heterocycles. The lowest BCUT2D eigenvalue weighted by molar-refractivity contribution is -0.154. The maximum atomic E-state index is 12.4. The molecular formula is C20H26N4O3. The minimum absolute atomic E-state index is 0.0956. The summed E-state index contributed by atoms with van der Waals surface area (Å²) in [6.45, 7) is 3.98. The highest BCUT2D eigenvalue weighted by atomic mass is 16.5. The van der Waals surface area contributed by atoms with Crippen LogP contribution in [0.15, 0.2) is 48.8 Å². The molecule has 7 heteroatoms. The second-order valence-electron chi connectivity index (χ2n) is 6.14. The smallest absolute Gasteiger partial charge is 0.308 e. The van der Waals surface area contributed by atoms with Gasteiger partial charge in [-0.2, -0.15) is 0 Å². The van der Waals surface area contributed by atoms with Crippen molar-refractivity contribution in [2.75, 3.05) is 11.9 Å². The first-order chi connectivity index (χ1) is 13.1. The lowest BCUT2D eigenvalue weighted by atomic mass is 10.0. The zero-order valence-corrected chi connectivity index (χ0v) is 15.7. The van der Waals surface area contributed by atoms with E-state index >= 15 is 0 Å². The number of carbonyl (C=O) groups is 2. The number of nitrogens with zero attached hydrogens (tertiary/aromatic N) is 2. The molecule has 0 fully saturated rings. The van der Waals surface area contributed by atoms with Crippen molar-refractivity contribution in [1.82, 2.24) is 15.3 Å². The van der Waals surface area contributed by atoms with Crippen molar-refractivity contribution in [1.29, 1.82) is 0 Å². The van der Waals surface area contributed by atoms with E-state index in [1.807, 2.05) is 30.3 Å². The minimum Gasteiger partial charge on any atom is -0.452 e. The monoisotopic (exact) mass is 370 g/mol. The normalized spacial score (nSPS) is 12.7. The van der Waals surface area contributed by atoms with Gasteiger partial charge in [0.15, 0.2) is 6.10 Å². The number of amides is 1. The van der Waals surface area contributed by atoms with Crippen molar-refractivity contribution in [3.8, 4) is 0 Å². The van der Waals surface area contributed by atoms with E-state index in [1.165, 1.54) is 0 Å². The maximum Gasteiger partial charge on any atom is 0.308 e. The number of anilines is 1. The molecule has 1 amide bonds. The van der Waals surface area contributed by atoms with E-state index in [9.17, 15) is 9.59 Å². The van der Waals surface area contributed by atoms with Crippen LogP contribution in [0.4, 0.5) is 5.95 Å². The first-order valence-electron chi connectivity index (χ1n) is 9.15. The van der Waals surface area contributed by atoms with Crippen LogP contribution >= 0.6 is 0 Å². The van der Waals surface area contributed by atoms with E-state index < -0.39 is 12.1 Å². The molecule has 0 saturated heterocycles. The Hall–Kier alpha value is -2.96. The minimum atomic E-state index is -0.853. The van der Waals surface area contributed by atoms with Crippen LogP contribution in [0.2, 0.25) is 0 Å². The quantitative estimate of drug-likeness (QED) is 0.625. The Bertz CT molecular complexity index is 710. The lowest BCUT2D eigenvalue weighted by Crippen LogP contribution is -2.38. The highest BCUT2D eigenvalue weighted by Crippen LogP contribution is 2.18. The fourth-order valence-electron chi connectivity index (χ4n) is 2.56. The molecule has 0 aliphatic carbocycles. The lowest BCUT2D eigenvalue weighted by Gasteiger charge is -2.21. The zero-order chi connectivity index (χ0) is 19.5. The van der Waals surface area contributed by atoms with E-state index in [-0.39, 0.29) is 18.4 Å². The summed E-state index contributed by atoms with van der Waals surface area (Å²) >= 11 is 0. The second kappa shape index (κ2) is 10.9. The van der Waals surface area contributed by atoms with Gasteiger partial charge in [0.05, 0.1) is 12.5 Å². The maximum absolute atomic E-state index is 12.4. The molecule has 0 saturated carbocycles. The number of rotatable bonds is 10. The van der Waals surface area contributed by atoms with Crippen molar-refractivity contribution in [3.05, 3.63) is 54.4 Å². The highest BCUT2D eigenvalue weighted by molar-refractivity contribution is 5.83. The summed E-state index contributed by atoms with van der Waals surface area (Å²) in [5.41, 5.74) is 1.04. The van der Waals surface area contributed by atoms with Crippen molar-refractivity contribution in [3.63, 3.8) is 0 Å². The van der Waals surface area contributed by atoms with Crippen molar-refractivity contribution in [2.45, 2.75) is 45.3 Å². The number of hydrogen-bond donors (Lipinski definition) is 2. The number of carbonyl (C=O) groups excluding carboxylic acids is 2. The zero-order valence-electron chi connectivity index (χ0n) is 15.7. The molecule has 2 rings (SSSR count). The number of hydrogen-bond acceptors (Lipinski definition) is 6. The van der Waals surface area contributed by atoms with Crippen LogP contribution in [-0.4, -0.2) is 34.5 Å². The van der Waals surface area contributed by atoms with Crippen LogP contribution in [0.1, 0.15) is 44.7 Å². The number of benzene rings is 1. The Morgan fingerprint density at radius 3 is 2.48 bits per heavy atom. The van der Waals surface area contributed by atoms with Gasteiger partial charge in [-0.25, -0.2) is 9.97 Å². The van der Waals surface area contributed by atoms with Crippen LogP contribution in [0, 0.1) is 0 Å². The summed E-state index contributed by atoms with van der Waals surface area (Å²) in [5, 5.41) is 5.89. The Morgan fingerprint density at radius 1 is 1.11 bits per heavy atom. The third kappa shape index (κ3) is 7.05. The van der Waals surface area contributed by atoms with Gasteiger partial charge in [0.2, 0.25) is 5.95 Å². The third-order valence-corrected chi connectivity index (χ3v) is 3.95. The van der Waals surface area contributed by atoms with Gasteiger partial charge < -0.3 is 15.4 Å². The van der Waals surface area contributed by atoms with Gasteiger partial charge in [0.1, 0.15) is 0 Å². The van der Waals surface area contributed by atoms with Crippen LogP contribution in [0.5, 0.6) is 0 Å². The summed E-state index contributed by atoms with van der Waals surface area (Å²) in [6, 6.07) is 11.4. The Balaban J connectivity index is 1.78. The molecule has 2 aromatic rings. The Morgan fingerprint density at radius 2 is 1.81 bits per heavy atom. The molecule has 2 unspecified atom stereocenters. The van der Waals surface area contributed by atoms with Gasteiger partial charge >= 0.3 is 5.97 Å². The number of aromatic nitrogens is 2. The number of nitrogens with one attached hydrogen (secondary N) is 2. The van der Waals surface area contributed by atoms with E-state index in [0.717, 1.165) is 18.4 Å². The largest absolute Gasteiger partial charge is 0.452 e. The van der Waals surface area contributed by atoms with E-state index in [2.05, 4.69) is 27.5 Å². The van der Waals surface area contributed by atoms with Crippen molar-refractivity contribution >= 4 is 17.8 Å². The SMILES string of the molecule is CCCC(NC(=O)C(C)OC(=O)CCNc1ncccn1)c1ccccc1. The number of esters is 1. The fourth-order valence-corrected chi connectivity index (χ4v) is 2.56. The predicted octanol–water partition coefficient (Wildman–Crippen LogP) is 2.87. The van der Waals surface area contributed by atoms with E-state index in [0.29, 0.717) is 12.5 Å². The first-order valence-corrected chi connectivity index (χ1v) is 9.15. The second-order valence-corrected chi connectivity index (χ2v) is 6.14. The molecule has 2 N–H and O–H groups in total. The van der Waals surface area contributed by atoms with Crippen LogP contribution in [-0.2, 0) is 14.3 Å². The van der Waals surface area contributed by atoms with Gasteiger partial charge in [-0.05, 0) is 25.0 Å². The molecule has 1 aromatic carbocycles. The molecule has 0 aliphatic rings. The first kappa shape index (κ1) is 20.4. The number of ether oxygens (including phenoxy) is 1. The summed E-state index contributed by atoms with van der Waals surface area (Å²) in [4.78, 5) is 32.4. The highest BCUT2D eigenvalue weighted by Gasteiger charge is 2.21. The molecule has 0 bridgehead atoms. The van der Waals surface area contributed by atoms with Crippen LogP contribution < -0.4 is 10.6 Å². The molecule has 27 heavy (non-hydrogen) atoms. The van der Waals surface area contributed by atoms with E-state index in [4.69, 9.17) is 4.74 Å². The van der Waals surface area contributed by atoms with Crippen LogP contribution in [0.25, 0.3) is 0 Å². The van der Waals surface area contributed by atoms with Crippen molar-refractivity contribution in [2.24, 2.45) is 0 Å². The summed E-state index contributed by atoms with van der Waals surface area (Å²) < 4.78 is 5.23. The average molecular weight is 370 g/mol. The molecule has 2 atom stereocenters. The molecule has 144 valence electrons. The predicted molar refractivity (Wildman–Crippen MR) is 103 cm³/mol. The molecule has 0 spiro atoms. The molecular weight excluding hydrogens is 344 g/mol. The molecule has 7 nitrogen and oxygen atoms in total. The fraction of sp³-hybridized carbons (Fsp3) is 0.400. The van der Waals surface area contributed by atoms with Crippen LogP contribution in [0.3, 0.4) is 0 Å². The van der Waals surface area contributed by atoms with Gasteiger partial charge in [-0.3, -0.25) is 9.59 Å². The van der Waals surface area contributed by atoms with Gasteiger partial charge in [-0.1, -0.05) is 43.7 Å². The third-order valence-electron chi connectivity index (χ3n) is 3.95. The standard InChI is InChI=1S/C20H26N4O3/c1-3-8-17(16-9-5-4-6-10-16)24-19(26)15(2)27-18(25)11-14-23-20-21-12-7-13-22-20/h4-7,9-10,12-13,15,17H,3,8,11,14H2,1-2H3,(H,24,26)(H,21,22,23). The molecule has 1 aromatic heterocycles. The van der Waals surface area contributed by atoms with Gasteiger partial charge in [0, 0.05) is 18.9 Å². The van der Waals surface area contributed by atoms with Gasteiger partial charge in [-0.15, -0.1) is 0 Å². The molecule has 1 heterocycles. The summed E-state index contributed by atoms with van der Waals surface area (Å²) in [5.74, 6) is -0.306. The average Bonchev–Trinajstić information content (AvgIpc) is 2.69. The Kier molecular flexibility index (Phi) is 8.22. The van der Waals surface area contributed by atoms with Gasteiger partial charge in [0.25, 0.3) is 5.91 Å². The summed E-state index contributed by atoms with van der Waals surface area (Å²) in [7, 11) is 0. The summed E-state index contributed by atoms with van der Waals surface area (Å²) in [6.07, 6.45) is 4.23.